The van der Waals surface area contributed by atoms with Crippen molar-refractivity contribution in [1.29, 1.82) is 0 Å². The van der Waals surface area contributed by atoms with E-state index in [2.05, 4.69) is 4.98 Å². The molecule has 1 rings (SSSR count). The number of rotatable bonds is 2. The highest BCUT2D eigenvalue weighted by Gasteiger charge is 1.99. The lowest BCUT2D eigenvalue weighted by Crippen LogP contribution is -1.93. The summed E-state index contributed by atoms with van der Waals surface area (Å²) >= 11 is 5.79. The normalized spacial score (nSPS) is 9.73. The van der Waals surface area contributed by atoms with Crippen LogP contribution in [0, 0.1) is 6.92 Å². The standard InChI is InChI=1S/C8H10ClNO/c1-3-11-8-4-6(2)10-5-7(8)9/h4-5H,3H2,1-2H3. The van der Waals surface area contributed by atoms with Crippen LogP contribution in [-0.2, 0) is 0 Å². The van der Waals surface area contributed by atoms with Gasteiger partial charge in [0.1, 0.15) is 10.8 Å². The maximum atomic E-state index is 5.79. The Kier molecular flexibility index (Phi) is 2.71. The zero-order valence-corrected chi connectivity index (χ0v) is 7.35. The Morgan fingerprint density at radius 3 is 3.00 bits per heavy atom. The number of nitrogens with zero attached hydrogens (tertiary/aromatic N) is 1. The molecule has 0 spiro atoms. The van der Waals surface area contributed by atoms with Gasteiger partial charge in [0.15, 0.2) is 0 Å². The molecule has 11 heavy (non-hydrogen) atoms. The minimum atomic E-state index is 0.567. The summed E-state index contributed by atoms with van der Waals surface area (Å²) in [6.45, 7) is 4.45. The minimum absolute atomic E-state index is 0.567. The van der Waals surface area contributed by atoms with Crippen molar-refractivity contribution in [3.8, 4) is 5.75 Å². The number of pyridine rings is 1. The van der Waals surface area contributed by atoms with E-state index < -0.39 is 0 Å². The lowest BCUT2D eigenvalue weighted by molar-refractivity contribution is 0.340. The van der Waals surface area contributed by atoms with E-state index in [4.69, 9.17) is 16.3 Å². The van der Waals surface area contributed by atoms with Gasteiger partial charge in [-0.25, -0.2) is 0 Å². The van der Waals surface area contributed by atoms with Crippen LogP contribution >= 0.6 is 11.6 Å². The molecular formula is C8H10ClNO. The van der Waals surface area contributed by atoms with Crippen molar-refractivity contribution in [3.05, 3.63) is 23.0 Å². The first-order valence-electron chi connectivity index (χ1n) is 3.49. The summed E-state index contributed by atoms with van der Waals surface area (Å²) in [7, 11) is 0. The summed E-state index contributed by atoms with van der Waals surface area (Å²) in [5.74, 6) is 0.710. The van der Waals surface area contributed by atoms with Crippen LogP contribution in [0.15, 0.2) is 12.3 Å². The highest BCUT2D eigenvalue weighted by Crippen LogP contribution is 2.23. The molecule has 0 unspecified atom stereocenters. The van der Waals surface area contributed by atoms with Crippen molar-refractivity contribution in [2.75, 3.05) is 6.61 Å². The summed E-state index contributed by atoms with van der Waals surface area (Å²) in [6, 6.07) is 1.83. The number of hydrogen-bond acceptors (Lipinski definition) is 2. The van der Waals surface area contributed by atoms with Gasteiger partial charge in [-0.1, -0.05) is 11.6 Å². The molecule has 1 aromatic rings. The monoisotopic (exact) mass is 171 g/mol. The van der Waals surface area contributed by atoms with Crippen LogP contribution in [0.3, 0.4) is 0 Å². The van der Waals surface area contributed by atoms with E-state index in [0.717, 1.165) is 5.69 Å². The fraction of sp³-hybridized carbons (Fsp3) is 0.375. The van der Waals surface area contributed by atoms with E-state index in [1.54, 1.807) is 6.20 Å². The van der Waals surface area contributed by atoms with E-state index in [0.29, 0.717) is 17.4 Å². The van der Waals surface area contributed by atoms with Crippen LogP contribution in [0.25, 0.3) is 0 Å². The number of hydrogen-bond donors (Lipinski definition) is 0. The first kappa shape index (κ1) is 8.34. The van der Waals surface area contributed by atoms with Gasteiger partial charge >= 0.3 is 0 Å². The fourth-order valence-corrected chi connectivity index (χ4v) is 0.942. The van der Waals surface area contributed by atoms with Gasteiger partial charge in [-0.05, 0) is 13.8 Å². The van der Waals surface area contributed by atoms with Gasteiger partial charge in [0.2, 0.25) is 0 Å². The maximum absolute atomic E-state index is 5.79. The highest BCUT2D eigenvalue weighted by molar-refractivity contribution is 6.31. The van der Waals surface area contributed by atoms with Gasteiger partial charge in [0.25, 0.3) is 0 Å². The summed E-state index contributed by atoms with van der Waals surface area (Å²) < 4.78 is 5.25. The van der Waals surface area contributed by atoms with Crippen LogP contribution in [0.5, 0.6) is 5.75 Å². The summed E-state index contributed by atoms with van der Waals surface area (Å²) in [5, 5.41) is 0.567. The quantitative estimate of drug-likeness (QED) is 0.682. The van der Waals surface area contributed by atoms with Crippen LogP contribution in [0.4, 0.5) is 0 Å². The third kappa shape index (κ3) is 2.09. The van der Waals surface area contributed by atoms with Crippen molar-refractivity contribution in [1.82, 2.24) is 4.98 Å². The second-order valence-electron chi connectivity index (χ2n) is 2.19. The molecule has 0 amide bonds. The Morgan fingerprint density at radius 2 is 2.36 bits per heavy atom. The molecule has 60 valence electrons. The van der Waals surface area contributed by atoms with Crippen molar-refractivity contribution in [2.24, 2.45) is 0 Å². The largest absolute Gasteiger partial charge is 0.492 e. The zero-order chi connectivity index (χ0) is 8.27. The molecule has 0 saturated carbocycles. The molecule has 1 heterocycles. The second-order valence-corrected chi connectivity index (χ2v) is 2.60. The third-order valence-electron chi connectivity index (χ3n) is 1.26. The molecule has 0 saturated heterocycles. The highest BCUT2D eigenvalue weighted by atomic mass is 35.5. The fourth-order valence-electron chi connectivity index (χ4n) is 0.784. The molecule has 0 bridgehead atoms. The first-order valence-corrected chi connectivity index (χ1v) is 3.86. The van der Waals surface area contributed by atoms with E-state index in [1.165, 1.54) is 0 Å². The van der Waals surface area contributed by atoms with Crippen molar-refractivity contribution in [2.45, 2.75) is 13.8 Å². The van der Waals surface area contributed by atoms with Crippen molar-refractivity contribution >= 4 is 11.6 Å². The Labute approximate surface area is 71.2 Å². The summed E-state index contributed by atoms with van der Waals surface area (Å²) in [6.07, 6.45) is 1.60. The molecule has 3 heteroatoms. The molecule has 1 aromatic heterocycles. The number of halogens is 1. The average Bonchev–Trinajstić information content (AvgIpc) is 1.98. The zero-order valence-electron chi connectivity index (χ0n) is 6.60. The topological polar surface area (TPSA) is 22.1 Å². The van der Waals surface area contributed by atoms with Crippen LogP contribution in [-0.4, -0.2) is 11.6 Å². The van der Waals surface area contributed by atoms with Crippen LogP contribution in [0.1, 0.15) is 12.6 Å². The summed E-state index contributed by atoms with van der Waals surface area (Å²) in [5.41, 5.74) is 0.915. The number of aryl methyl sites for hydroxylation is 1. The van der Waals surface area contributed by atoms with Crippen LogP contribution in [0.2, 0.25) is 5.02 Å². The minimum Gasteiger partial charge on any atom is -0.492 e. The second kappa shape index (κ2) is 3.58. The van der Waals surface area contributed by atoms with Gasteiger partial charge < -0.3 is 4.74 Å². The molecule has 2 nitrogen and oxygen atoms in total. The van der Waals surface area contributed by atoms with Gasteiger partial charge in [0.05, 0.1) is 6.61 Å². The molecule has 0 aromatic carbocycles. The Morgan fingerprint density at radius 1 is 1.64 bits per heavy atom. The SMILES string of the molecule is CCOc1cc(C)ncc1Cl. The van der Waals surface area contributed by atoms with E-state index in [-0.39, 0.29) is 0 Å². The lowest BCUT2D eigenvalue weighted by Gasteiger charge is -2.04. The van der Waals surface area contributed by atoms with E-state index >= 15 is 0 Å². The Bertz CT molecular complexity index is 250. The van der Waals surface area contributed by atoms with Crippen molar-refractivity contribution < 1.29 is 4.74 Å². The molecule has 0 fully saturated rings. The number of ether oxygens (including phenoxy) is 1. The van der Waals surface area contributed by atoms with Gasteiger partial charge in [0, 0.05) is 18.0 Å². The van der Waals surface area contributed by atoms with E-state index in [1.807, 2.05) is 19.9 Å². The van der Waals surface area contributed by atoms with Crippen LogP contribution < -0.4 is 4.74 Å². The average molecular weight is 172 g/mol. The third-order valence-corrected chi connectivity index (χ3v) is 1.54. The Hall–Kier alpha value is -0.760. The smallest absolute Gasteiger partial charge is 0.141 e. The summed E-state index contributed by atoms with van der Waals surface area (Å²) in [4.78, 5) is 4.01. The predicted molar refractivity (Wildman–Crippen MR) is 45.2 cm³/mol. The molecule has 0 N–H and O–H groups in total. The van der Waals surface area contributed by atoms with Gasteiger partial charge in [-0.15, -0.1) is 0 Å². The molecule has 0 aliphatic heterocycles. The first-order chi connectivity index (χ1) is 5.24. The Balaban J connectivity index is 2.93. The van der Waals surface area contributed by atoms with Gasteiger partial charge in [-0.3, -0.25) is 4.98 Å². The molecule has 0 radical (unpaired) electrons. The van der Waals surface area contributed by atoms with Gasteiger partial charge in [-0.2, -0.15) is 0 Å². The van der Waals surface area contributed by atoms with E-state index in [9.17, 15) is 0 Å². The molecular weight excluding hydrogens is 162 g/mol. The van der Waals surface area contributed by atoms with Crippen molar-refractivity contribution in [3.63, 3.8) is 0 Å². The molecule has 0 atom stereocenters. The lowest BCUT2D eigenvalue weighted by atomic mass is 10.3. The molecule has 0 aliphatic carbocycles. The number of aromatic nitrogens is 1. The molecule has 0 aliphatic rings. The predicted octanol–water partition coefficient (Wildman–Crippen LogP) is 2.44. The maximum Gasteiger partial charge on any atom is 0.141 e.